The zero-order valence-electron chi connectivity index (χ0n) is 17.0. The van der Waals surface area contributed by atoms with E-state index in [1.54, 1.807) is 18.0 Å². The minimum atomic E-state index is -0.423. The van der Waals surface area contributed by atoms with Gasteiger partial charge in [0.2, 0.25) is 0 Å². The Hall–Kier alpha value is -3.73. The smallest absolute Gasteiger partial charge is 0.282 e. The maximum Gasteiger partial charge on any atom is 0.282 e. The van der Waals surface area contributed by atoms with Gasteiger partial charge in [0.25, 0.3) is 11.8 Å². The molecule has 30 heavy (non-hydrogen) atoms. The van der Waals surface area contributed by atoms with E-state index < -0.39 is 17.6 Å². The number of halogens is 1. The van der Waals surface area contributed by atoms with Crippen molar-refractivity contribution < 1.29 is 14.0 Å². The predicted molar refractivity (Wildman–Crippen MR) is 117 cm³/mol. The average Bonchev–Trinajstić information content (AvgIpc) is 3.01. The number of imide groups is 1. The van der Waals surface area contributed by atoms with Gasteiger partial charge in [0, 0.05) is 12.7 Å². The van der Waals surface area contributed by atoms with Crippen molar-refractivity contribution in [2.75, 3.05) is 16.8 Å². The lowest BCUT2D eigenvalue weighted by Crippen LogP contribution is -2.34. The predicted octanol–water partition coefficient (Wildman–Crippen LogP) is 4.86. The minimum Gasteiger partial charge on any atom is -0.339 e. The van der Waals surface area contributed by atoms with Gasteiger partial charge in [-0.25, -0.2) is 9.29 Å². The lowest BCUT2D eigenvalue weighted by Gasteiger charge is -2.22. The second-order valence-electron chi connectivity index (χ2n) is 7.34. The van der Waals surface area contributed by atoms with E-state index in [2.05, 4.69) is 0 Å². The molecule has 0 saturated heterocycles. The van der Waals surface area contributed by atoms with Crippen molar-refractivity contribution >= 4 is 28.8 Å². The summed E-state index contributed by atoms with van der Waals surface area (Å²) in [5.41, 5.74) is 4.37. The van der Waals surface area contributed by atoms with E-state index in [0.29, 0.717) is 11.3 Å². The summed E-state index contributed by atoms with van der Waals surface area (Å²) in [6, 6.07) is 20.5. The fourth-order valence-electron chi connectivity index (χ4n) is 3.59. The second kappa shape index (κ2) is 7.59. The highest BCUT2D eigenvalue weighted by atomic mass is 19.1. The number of anilines is 2. The van der Waals surface area contributed by atoms with Gasteiger partial charge in [-0.15, -0.1) is 0 Å². The van der Waals surface area contributed by atoms with Gasteiger partial charge in [0.05, 0.1) is 11.3 Å². The van der Waals surface area contributed by atoms with Crippen LogP contribution in [-0.2, 0) is 9.59 Å². The van der Waals surface area contributed by atoms with Crippen molar-refractivity contribution in [3.05, 3.63) is 101 Å². The van der Waals surface area contributed by atoms with E-state index in [1.165, 1.54) is 29.2 Å². The fourth-order valence-corrected chi connectivity index (χ4v) is 3.59. The molecule has 0 N–H and O–H groups in total. The van der Waals surface area contributed by atoms with E-state index in [9.17, 15) is 14.0 Å². The molecule has 1 heterocycles. The molecule has 3 aromatic carbocycles. The summed E-state index contributed by atoms with van der Waals surface area (Å²) in [6.45, 7) is 3.92. The summed E-state index contributed by atoms with van der Waals surface area (Å²) in [5.74, 6) is -1.23. The van der Waals surface area contributed by atoms with Crippen LogP contribution in [0.25, 0.3) is 5.57 Å². The van der Waals surface area contributed by atoms with Crippen molar-refractivity contribution in [2.45, 2.75) is 13.8 Å². The molecule has 0 atom stereocenters. The topological polar surface area (TPSA) is 40.6 Å². The molecule has 4 nitrogen and oxygen atoms in total. The number of carbonyl (C=O) groups excluding carboxylic acids is 2. The van der Waals surface area contributed by atoms with Crippen LogP contribution in [0.1, 0.15) is 16.7 Å². The number of rotatable bonds is 4. The number of hydrogen-bond donors (Lipinski definition) is 0. The number of hydrogen-bond acceptors (Lipinski definition) is 3. The summed E-state index contributed by atoms with van der Waals surface area (Å²) in [4.78, 5) is 29.9. The molecule has 0 radical (unpaired) electrons. The molecule has 3 aromatic rings. The lowest BCUT2D eigenvalue weighted by molar-refractivity contribution is -0.120. The maximum atomic E-state index is 13.5. The monoisotopic (exact) mass is 400 g/mol. The van der Waals surface area contributed by atoms with Gasteiger partial charge in [-0.05, 0) is 66.9 Å². The molecular formula is C25H21FN2O2. The van der Waals surface area contributed by atoms with Crippen LogP contribution in [-0.4, -0.2) is 18.9 Å². The lowest BCUT2D eigenvalue weighted by atomic mass is 10.0. The van der Waals surface area contributed by atoms with Crippen molar-refractivity contribution in [3.63, 3.8) is 0 Å². The number of amides is 2. The molecular weight excluding hydrogens is 379 g/mol. The Labute approximate surface area is 174 Å². The first kappa shape index (κ1) is 19.6. The summed E-state index contributed by atoms with van der Waals surface area (Å²) >= 11 is 0. The van der Waals surface area contributed by atoms with E-state index in [4.69, 9.17) is 0 Å². The van der Waals surface area contributed by atoms with Crippen molar-refractivity contribution in [2.24, 2.45) is 0 Å². The molecule has 1 aliphatic heterocycles. The van der Waals surface area contributed by atoms with Crippen LogP contribution in [0.15, 0.2) is 78.5 Å². The van der Waals surface area contributed by atoms with Crippen LogP contribution in [0.3, 0.4) is 0 Å². The molecule has 5 heteroatoms. The summed E-state index contributed by atoms with van der Waals surface area (Å²) in [7, 11) is 1.75. The molecule has 2 amide bonds. The molecule has 0 bridgehead atoms. The Morgan fingerprint density at radius 2 is 1.47 bits per heavy atom. The van der Waals surface area contributed by atoms with E-state index in [-0.39, 0.29) is 11.3 Å². The number of aryl methyl sites for hydroxylation is 2. The van der Waals surface area contributed by atoms with E-state index in [0.717, 1.165) is 16.8 Å². The number of benzene rings is 3. The highest BCUT2D eigenvalue weighted by molar-refractivity contribution is 6.46. The SMILES string of the molecule is Cc1ccc(N2C(=O)C(c3ccc(F)cc3)=C(N(C)c3ccccc3)C2=O)cc1C. The van der Waals surface area contributed by atoms with E-state index >= 15 is 0 Å². The van der Waals surface area contributed by atoms with Crippen LogP contribution in [0.2, 0.25) is 0 Å². The Bertz CT molecular complexity index is 1170. The molecule has 0 aromatic heterocycles. The van der Waals surface area contributed by atoms with Crippen molar-refractivity contribution in [1.29, 1.82) is 0 Å². The largest absolute Gasteiger partial charge is 0.339 e. The van der Waals surface area contributed by atoms with Crippen LogP contribution in [0, 0.1) is 19.7 Å². The molecule has 1 aliphatic rings. The van der Waals surface area contributed by atoms with Gasteiger partial charge in [-0.2, -0.15) is 0 Å². The molecule has 4 rings (SSSR count). The Morgan fingerprint density at radius 3 is 2.10 bits per heavy atom. The van der Waals surface area contributed by atoms with Gasteiger partial charge in [0.15, 0.2) is 0 Å². The Balaban J connectivity index is 1.88. The van der Waals surface area contributed by atoms with E-state index in [1.807, 2.05) is 56.3 Å². The second-order valence-corrected chi connectivity index (χ2v) is 7.34. The quantitative estimate of drug-likeness (QED) is 0.587. The first-order chi connectivity index (χ1) is 14.4. The molecule has 150 valence electrons. The zero-order valence-corrected chi connectivity index (χ0v) is 17.0. The number of carbonyl (C=O) groups is 2. The first-order valence-corrected chi connectivity index (χ1v) is 9.63. The van der Waals surface area contributed by atoms with Gasteiger partial charge in [0.1, 0.15) is 11.5 Å². The Kier molecular flexibility index (Phi) is 4.96. The van der Waals surface area contributed by atoms with Crippen LogP contribution >= 0.6 is 0 Å². The third-order valence-corrected chi connectivity index (χ3v) is 5.42. The standard InChI is InChI=1S/C25H21FN2O2/c1-16-9-14-21(15-17(16)2)28-24(29)22(18-10-12-19(26)13-11-18)23(25(28)30)27(3)20-7-5-4-6-8-20/h4-15H,1-3H3. The van der Waals surface area contributed by atoms with Gasteiger partial charge < -0.3 is 4.90 Å². The van der Waals surface area contributed by atoms with Gasteiger partial charge in [-0.3, -0.25) is 9.59 Å². The third-order valence-electron chi connectivity index (χ3n) is 5.42. The fraction of sp³-hybridized carbons (Fsp3) is 0.120. The Morgan fingerprint density at radius 1 is 0.800 bits per heavy atom. The minimum absolute atomic E-state index is 0.254. The summed E-state index contributed by atoms with van der Waals surface area (Å²) in [5, 5.41) is 0. The third kappa shape index (κ3) is 3.28. The molecule has 0 aliphatic carbocycles. The molecule has 0 fully saturated rings. The maximum absolute atomic E-state index is 13.5. The van der Waals surface area contributed by atoms with Crippen LogP contribution in [0.5, 0.6) is 0 Å². The highest BCUT2D eigenvalue weighted by Gasteiger charge is 2.42. The highest BCUT2D eigenvalue weighted by Crippen LogP contribution is 2.36. The number of likely N-dealkylation sites (N-methyl/N-ethyl adjacent to an activating group) is 1. The van der Waals surface area contributed by atoms with Gasteiger partial charge >= 0.3 is 0 Å². The van der Waals surface area contributed by atoms with Gasteiger partial charge in [-0.1, -0.05) is 36.4 Å². The van der Waals surface area contributed by atoms with Crippen molar-refractivity contribution in [3.8, 4) is 0 Å². The van der Waals surface area contributed by atoms with Crippen molar-refractivity contribution in [1.82, 2.24) is 0 Å². The number of para-hydroxylation sites is 1. The molecule has 0 unspecified atom stereocenters. The van der Waals surface area contributed by atoms with Crippen LogP contribution in [0.4, 0.5) is 15.8 Å². The van der Waals surface area contributed by atoms with Crippen LogP contribution < -0.4 is 9.80 Å². The average molecular weight is 400 g/mol. The first-order valence-electron chi connectivity index (χ1n) is 9.63. The summed E-state index contributed by atoms with van der Waals surface area (Å²) < 4.78 is 13.5. The normalized spacial score (nSPS) is 13.9. The molecule has 0 saturated carbocycles. The summed E-state index contributed by atoms with van der Waals surface area (Å²) in [6.07, 6.45) is 0. The number of nitrogens with zero attached hydrogens (tertiary/aromatic N) is 2. The molecule has 0 spiro atoms. The zero-order chi connectivity index (χ0) is 21.4.